The average molecular weight is 353 g/mol. The van der Waals surface area contributed by atoms with Gasteiger partial charge in [0, 0.05) is 35.5 Å². The van der Waals surface area contributed by atoms with Gasteiger partial charge in [0.15, 0.2) is 0 Å². The van der Waals surface area contributed by atoms with Crippen molar-refractivity contribution in [1.29, 1.82) is 0 Å². The van der Waals surface area contributed by atoms with E-state index >= 15 is 0 Å². The Kier molecular flexibility index (Phi) is 5.18. The number of rotatable bonds is 4. The van der Waals surface area contributed by atoms with Gasteiger partial charge in [0.2, 0.25) is 5.91 Å². The van der Waals surface area contributed by atoms with E-state index in [-0.39, 0.29) is 11.8 Å². The van der Waals surface area contributed by atoms with Crippen LogP contribution in [-0.2, 0) is 11.2 Å². The van der Waals surface area contributed by atoms with Crippen molar-refractivity contribution in [3.05, 3.63) is 46.0 Å². The van der Waals surface area contributed by atoms with Crippen LogP contribution in [0.15, 0.2) is 24.5 Å². The number of likely N-dealkylation sites (tertiary alicyclic amines) is 1. The molecule has 0 bridgehead atoms. The summed E-state index contributed by atoms with van der Waals surface area (Å²) < 4.78 is 0. The minimum atomic E-state index is 0.153. The smallest absolute Gasteiger partial charge is 0.222 e. The number of carbonyl (C=O) groups is 1. The van der Waals surface area contributed by atoms with Crippen LogP contribution in [0.2, 0.25) is 10.0 Å². The van der Waals surface area contributed by atoms with Crippen LogP contribution in [-0.4, -0.2) is 39.1 Å². The van der Waals surface area contributed by atoms with Gasteiger partial charge in [-0.25, -0.2) is 4.98 Å². The van der Waals surface area contributed by atoms with Gasteiger partial charge in [0.25, 0.3) is 0 Å². The number of amides is 1. The first-order chi connectivity index (χ1) is 11.1. The van der Waals surface area contributed by atoms with E-state index < -0.39 is 0 Å². The average Bonchev–Trinajstić information content (AvgIpc) is 3.08. The lowest BCUT2D eigenvalue weighted by Gasteiger charge is -2.31. The van der Waals surface area contributed by atoms with Crippen LogP contribution in [0.3, 0.4) is 0 Å². The van der Waals surface area contributed by atoms with Gasteiger partial charge in [-0.3, -0.25) is 9.89 Å². The molecule has 7 heteroatoms. The van der Waals surface area contributed by atoms with E-state index in [0.717, 1.165) is 30.8 Å². The second-order valence-electron chi connectivity index (χ2n) is 5.79. The third kappa shape index (κ3) is 4.03. The zero-order valence-electron chi connectivity index (χ0n) is 12.6. The van der Waals surface area contributed by atoms with Crippen LogP contribution < -0.4 is 0 Å². The number of benzene rings is 1. The highest BCUT2D eigenvalue weighted by atomic mass is 35.5. The molecule has 1 aromatic carbocycles. The topological polar surface area (TPSA) is 61.9 Å². The second kappa shape index (κ2) is 7.32. The van der Waals surface area contributed by atoms with Gasteiger partial charge in [0.05, 0.1) is 0 Å². The van der Waals surface area contributed by atoms with Crippen molar-refractivity contribution < 1.29 is 4.79 Å². The Hall–Kier alpha value is -1.59. The fourth-order valence-corrected chi connectivity index (χ4v) is 3.47. The monoisotopic (exact) mass is 352 g/mol. The number of halogens is 2. The molecule has 1 atom stereocenters. The molecular formula is C16H18Cl2N4O. The summed E-state index contributed by atoms with van der Waals surface area (Å²) in [6, 6.07) is 5.39. The fourth-order valence-electron chi connectivity index (χ4n) is 2.96. The number of aryl methyl sites for hydroxylation is 1. The lowest BCUT2D eigenvalue weighted by molar-refractivity contribution is -0.132. The largest absolute Gasteiger partial charge is 0.342 e. The maximum atomic E-state index is 12.5. The van der Waals surface area contributed by atoms with Crippen molar-refractivity contribution in [3.8, 4) is 0 Å². The summed E-state index contributed by atoms with van der Waals surface area (Å²) in [5, 5.41) is 8.02. The summed E-state index contributed by atoms with van der Waals surface area (Å²) in [6.07, 6.45) is 4.60. The van der Waals surface area contributed by atoms with E-state index in [1.807, 2.05) is 11.0 Å². The number of piperidine rings is 1. The number of nitrogens with one attached hydrogen (secondary N) is 1. The molecule has 0 unspecified atom stereocenters. The van der Waals surface area contributed by atoms with Crippen molar-refractivity contribution in [1.82, 2.24) is 20.1 Å². The first-order valence-electron chi connectivity index (χ1n) is 7.70. The van der Waals surface area contributed by atoms with Crippen molar-refractivity contribution in [2.75, 3.05) is 13.1 Å². The Bertz CT molecular complexity index is 675. The van der Waals surface area contributed by atoms with Crippen LogP contribution in [0.25, 0.3) is 0 Å². The third-order valence-corrected chi connectivity index (χ3v) is 4.80. The molecule has 3 rings (SSSR count). The quantitative estimate of drug-likeness (QED) is 0.916. The van der Waals surface area contributed by atoms with Crippen molar-refractivity contribution >= 4 is 29.1 Å². The zero-order chi connectivity index (χ0) is 16.2. The highest BCUT2D eigenvalue weighted by Crippen LogP contribution is 2.26. The van der Waals surface area contributed by atoms with Gasteiger partial charge in [-0.05, 0) is 37.0 Å². The fraction of sp³-hybridized carbons (Fsp3) is 0.438. The SMILES string of the molecule is O=C(CCc1ccc(Cl)cc1Cl)N1CCC[C@@H](c2ncn[nH]2)C1. The zero-order valence-corrected chi connectivity index (χ0v) is 14.1. The van der Waals surface area contributed by atoms with E-state index in [1.54, 1.807) is 12.1 Å². The number of hydrogen-bond donors (Lipinski definition) is 1. The molecule has 1 fully saturated rings. The Morgan fingerprint density at radius 3 is 3.00 bits per heavy atom. The summed E-state index contributed by atoms with van der Waals surface area (Å²) in [5.74, 6) is 1.26. The molecule has 0 saturated carbocycles. The summed E-state index contributed by atoms with van der Waals surface area (Å²) >= 11 is 12.1. The molecule has 1 saturated heterocycles. The summed E-state index contributed by atoms with van der Waals surface area (Å²) in [5.41, 5.74) is 0.952. The number of aromatic amines is 1. The van der Waals surface area contributed by atoms with Crippen LogP contribution in [0, 0.1) is 0 Å². The maximum Gasteiger partial charge on any atom is 0.222 e. The molecule has 0 radical (unpaired) electrons. The second-order valence-corrected chi connectivity index (χ2v) is 6.63. The van der Waals surface area contributed by atoms with E-state index in [9.17, 15) is 4.79 Å². The highest BCUT2D eigenvalue weighted by Gasteiger charge is 2.26. The Balaban J connectivity index is 1.57. The standard InChI is InChI=1S/C16H18Cl2N4O/c17-13-5-3-11(14(18)8-13)4-6-15(23)22-7-1-2-12(9-22)16-19-10-20-21-16/h3,5,8,10,12H,1-2,4,6-7,9H2,(H,19,20,21)/t12-/m1/s1. The molecule has 1 aliphatic heterocycles. The Morgan fingerprint density at radius 1 is 1.39 bits per heavy atom. The highest BCUT2D eigenvalue weighted by molar-refractivity contribution is 6.35. The molecule has 23 heavy (non-hydrogen) atoms. The van der Waals surface area contributed by atoms with Gasteiger partial charge in [-0.1, -0.05) is 29.3 Å². The summed E-state index contributed by atoms with van der Waals surface area (Å²) in [4.78, 5) is 18.6. The van der Waals surface area contributed by atoms with E-state index in [1.165, 1.54) is 6.33 Å². The molecule has 1 N–H and O–H groups in total. The van der Waals surface area contributed by atoms with Crippen molar-refractivity contribution in [2.24, 2.45) is 0 Å². The van der Waals surface area contributed by atoms with E-state index in [2.05, 4.69) is 15.2 Å². The van der Waals surface area contributed by atoms with Crippen LogP contribution >= 0.6 is 23.2 Å². The number of aromatic nitrogens is 3. The maximum absolute atomic E-state index is 12.5. The first-order valence-corrected chi connectivity index (χ1v) is 8.46. The van der Waals surface area contributed by atoms with Crippen LogP contribution in [0.4, 0.5) is 0 Å². The normalized spacial score (nSPS) is 18.2. The Labute approximate surface area is 145 Å². The van der Waals surface area contributed by atoms with Crippen LogP contribution in [0.1, 0.15) is 36.6 Å². The van der Waals surface area contributed by atoms with Gasteiger partial charge in [0.1, 0.15) is 12.2 Å². The lowest BCUT2D eigenvalue weighted by atomic mass is 9.97. The molecular weight excluding hydrogens is 335 g/mol. The molecule has 0 spiro atoms. The van der Waals surface area contributed by atoms with Crippen molar-refractivity contribution in [3.63, 3.8) is 0 Å². The Morgan fingerprint density at radius 2 is 2.26 bits per heavy atom. The predicted molar refractivity (Wildman–Crippen MR) is 89.7 cm³/mol. The molecule has 1 amide bonds. The molecule has 5 nitrogen and oxygen atoms in total. The number of H-pyrrole nitrogens is 1. The van der Waals surface area contributed by atoms with Gasteiger partial charge >= 0.3 is 0 Å². The molecule has 2 aromatic rings. The lowest BCUT2D eigenvalue weighted by Crippen LogP contribution is -2.39. The number of hydrogen-bond acceptors (Lipinski definition) is 3. The van der Waals surface area contributed by atoms with E-state index in [4.69, 9.17) is 23.2 Å². The molecule has 2 heterocycles. The molecule has 0 aliphatic carbocycles. The third-order valence-electron chi connectivity index (χ3n) is 4.22. The van der Waals surface area contributed by atoms with Crippen LogP contribution in [0.5, 0.6) is 0 Å². The number of carbonyl (C=O) groups excluding carboxylic acids is 1. The van der Waals surface area contributed by atoms with E-state index in [0.29, 0.717) is 29.4 Å². The molecule has 1 aliphatic rings. The van der Waals surface area contributed by atoms with Crippen molar-refractivity contribution in [2.45, 2.75) is 31.6 Å². The first kappa shape index (κ1) is 16.3. The summed E-state index contributed by atoms with van der Waals surface area (Å²) in [6.45, 7) is 1.50. The van der Waals surface area contributed by atoms with Gasteiger partial charge in [-0.15, -0.1) is 0 Å². The van der Waals surface area contributed by atoms with Gasteiger partial charge < -0.3 is 4.90 Å². The number of nitrogens with zero attached hydrogens (tertiary/aromatic N) is 3. The molecule has 1 aromatic heterocycles. The minimum Gasteiger partial charge on any atom is -0.342 e. The van der Waals surface area contributed by atoms with Gasteiger partial charge in [-0.2, -0.15) is 5.10 Å². The minimum absolute atomic E-state index is 0.153. The summed E-state index contributed by atoms with van der Waals surface area (Å²) in [7, 11) is 0. The predicted octanol–water partition coefficient (Wildman–Crippen LogP) is 3.45. The molecule has 122 valence electrons.